The largest absolute Gasteiger partial charge is 0.365 e. The van der Waals surface area contributed by atoms with Crippen LogP contribution < -0.4 is 11.1 Å². The summed E-state index contributed by atoms with van der Waals surface area (Å²) < 4.78 is 0. The Hall–Kier alpha value is -2.44. The van der Waals surface area contributed by atoms with Crippen molar-refractivity contribution < 1.29 is 14.4 Å². The predicted octanol–water partition coefficient (Wildman–Crippen LogP) is 2.33. The molecule has 146 valence electrons. The van der Waals surface area contributed by atoms with Crippen LogP contribution >= 0.6 is 0 Å². The zero-order valence-electron chi connectivity index (χ0n) is 15.8. The van der Waals surface area contributed by atoms with Crippen molar-refractivity contribution in [2.45, 2.75) is 57.9 Å². The molecule has 2 aliphatic rings. The Morgan fingerprint density at radius 3 is 2.59 bits per heavy atom. The molecule has 2 atom stereocenters. The third kappa shape index (κ3) is 4.46. The lowest BCUT2D eigenvalue weighted by Crippen LogP contribution is -2.53. The molecule has 1 aliphatic heterocycles. The van der Waals surface area contributed by atoms with Crippen molar-refractivity contribution in [1.82, 2.24) is 9.88 Å². The number of nitrogens with one attached hydrogen (secondary N) is 1. The number of nitrogens with two attached hydrogens (primary N) is 1. The summed E-state index contributed by atoms with van der Waals surface area (Å²) in [5.41, 5.74) is 5.41. The van der Waals surface area contributed by atoms with Gasteiger partial charge in [-0.3, -0.25) is 14.4 Å². The van der Waals surface area contributed by atoms with E-state index < -0.39 is 17.7 Å². The van der Waals surface area contributed by atoms with E-state index in [1.54, 1.807) is 11.0 Å². The molecule has 1 aromatic rings. The number of amides is 3. The number of carbonyl (C=O) groups is 3. The molecule has 27 heavy (non-hydrogen) atoms. The third-order valence-electron chi connectivity index (χ3n) is 5.82. The molecule has 0 spiro atoms. The molecule has 0 unspecified atom stereocenters. The van der Waals surface area contributed by atoms with Gasteiger partial charge in [-0.1, -0.05) is 26.2 Å². The van der Waals surface area contributed by atoms with E-state index in [1.807, 2.05) is 0 Å². The maximum absolute atomic E-state index is 13.0. The van der Waals surface area contributed by atoms with Crippen molar-refractivity contribution in [3.05, 3.63) is 23.9 Å². The second-order valence-electron chi connectivity index (χ2n) is 7.82. The number of primary amides is 1. The van der Waals surface area contributed by atoms with Crippen LogP contribution in [-0.2, 0) is 9.59 Å². The van der Waals surface area contributed by atoms with Crippen molar-refractivity contribution in [2.24, 2.45) is 17.6 Å². The molecule has 3 amide bonds. The zero-order valence-corrected chi connectivity index (χ0v) is 15.8. The topological polar surface area (TPSA) is 105 Å². The average Bonchev–Trinajstić information content (AvgIpc) is 2.68. The number of carbonyl (C=O) groups excluding carboxylic acids is 3. The Labute approximate surface area is 159 Å². The van der Waals surface area contributed by atoms with E-state index in [-0.39, 0.29) is 17.4 Å². The Bertz CT molecular complexity index is 715. The number of aromatic nitrogens is 1. The number of pyridine rings is 1. The highest BCUT2D eigenvalue weighted by Gasteiger charge is 2.38. The van der Waals surface area contributed by atoms with E-state index in [0.29, 0.717) is 18.4 Å². The first-order valence-corrected chi connectivity index (χ1v) is 9.84. The summed E-state index contributed by atoms with van der Waals surface area (Å²) in [7, 11) is 0. The van der Waals surface area contributed by atoms with Gasteiger partial charge in [0, 0.05) is 18.8 Å². The number of anilines is 1. The fourth-order valence-corrected chi connectivity index (χ4v) is 4.41. The van der Waals surface area contributed by atoms with Crippen molar-refractivity contribution in [3.8, 4) is 0 Å². The normalized spacial score (nSPS) is 23.7. The van der Waals surface area contributed by atoms with Gasteiger partial charge in [0.05, 0.1) is 5.56 Å². The Kier molecular flexibility index (Phi) is 6.08. The SMILES string of the molecule is C[C@H]1CC[C@@H](C2CCCCC2)N(C(=O)C(=O)Nc2ncccc2C(N)=O)C1. The third-order valence-corrected chi connectivity index (χ3v) is 5.82. The van der Waals surface area contributed by atoms with Gasteiger partial charge in [-0.2, -0.15) is 0 Å². The molecule has 1 aromatic heterocycles. The minimum absolute atomic E-state index is 0.0302. The van der Waals surface area contributed by atoms with Crippen molar-refractivity contribution in [2.75, 3.05) is 11.9 Å². The second kappa shape index (κ2) is 8.50. The average molecular weight is 372 g/mol. The van der Waals surface area contributed by atoms with E-state index in [2.05, 4.69) is 17.2 Å². The maximum atomic E-state index is 13.0. The minimum Gasteiger partial charge on any atom is -0.365 e. The number of hydrogen-bond acceptors (Lipinski definition) is 4. The first-order chi connectivity index (χ1) is 13.0. The molecule has 1 saturated carbocycles. The summed E-state index contributed by atoms with van der Waals surface area (Å²) in [6, 6.07) is 3.16. The van der Waals surface area contributed by atoms with E-state index in [9.17, 15) is 14.4 Å². The Morgan fingerprint density at radius 1 is 1.15 bits per heavy atom. The fraction of sp³-hybridized carbons (Fsp3) is 0.600. The zero-order chi connectivity index (χ0) is 19.4. The maximum Gasteiger partial charge on any atom is 0.315 e. The van der Waals surface area contributed by atoms with Crippen molar-refractivity contribution in [1.29, 1.82) is 0 Å². The highest BCUT2D eigenvalue weighted by molar-refractivity contribution is 6.39. The van der Waals surface area contributed by atoms with Crippen LogP contribution in [0.15, 0.2) is 18.3 Å². The number of nitrogens with zero attached hydrogens (tertiary/aromatic N) is 2. The van der Waals surface area contributed by atoms with Crippen LogP contribution in [0.5, 0.6) is 0 Å². The minimum atomic E-state index is -0.758. The highest BCUT2D eigenvalue weighted by Crippen LogP contribution is 2.35. The molecule has 7 heteroatoms. The van der Waals surface area contributed by atoms with Crippen LogP contribution in [0.2, 0.25) is 0 Å². The quantitative estimate of drug-likeness (QED) is 0.794. The Balaban J connectivity index is 1.75. The van der Waals surface area contributed by atoms with Crippen LogP contribution in [0.1, 0.15) is 62.2 Å². The Morgan fingerprint density at radius 2 is 1.89 bits per heavy atom. The van der Waals surface area contributed by atoms with Crippen LogP contribution in [0.4, 0.5) is 5.82 Å². The number of rotatable bonds is 3. The summed E-state index contributed by atoms with van der Waals surface area (Å²) in [4.78, 5) is 42.8. The molecule has 1 saturated heterocycles. The molecule has 0 aromatic carbocycles. The standard InChI is InChI=1S/C20H28N4O3/c1-13-9-10-16(14-6-3-2-4-7-14)24(12-13)20(27)19(26)23-18-15(17(21)25)8-5-11-22-18/h5,8,11,13-14,16H,2-4,6-7,9-10,12H2,1H3,(H2,21,25)(H,22,23,26)/t13-,16-/m0/s1. The van der Waals surface area contributed by atoms with Crippen LogP contribution in [-0.4, -0.2) is 40.2 Å². The molecular formula is C20H28N4O3. The van der Waals surface area contributed by atoms with E-state index >= 15 is 0 Å². The molecule has 1 aliphatic carbocycles. The summed E-state index contributed by atoms with van der Waals surface area (Å²) in [5, 5.41) is 2.49. The van der Waals surface area contributed by atoms with E-state index in [0.717, 1.165) is 25.7 Å². The van der Waals surface area contributed by atoms with E-state index in [4.69, 9.17) is 5.73 Å². The summed E-state index contributed by atoms with van der Waals surface area (Å²) >= 11 is 0. The van der Waals surface area contributed by atoms with E-state index in [1.165, 1.54) is 31.5 Å². The lowest BCUT2D eigenvalue weighted by Gasteiger charge is -2.43. The fourth-order valence-electron chi connectivity index (χ4n) is 4.41. The summed E-state index contributed by atoms with van der Waals surface area (Å²) in [6.45, 7) is 2.71. The molecule has 0 bridgehead atoms. The molecule has 7 nitrogen and oxygen atoms in total. The van der Waals surface area contributed by atoms with Gasteiger partial charge < -0.3 is 16.0 Å². The summed E-state index contributed by atoms with van der Waals surface area (Å²) in [6.07, 6.45) is 9.36. The lowest BCUT2D eigenvalue weighted by atomic mass is 9.78. The monoisotopic (exact) mass is 372 g/mol. The number of piperidine rings is 1. The molecule has 2 fully saturated rings. The van der Waals surface area contributed by atoms with Crippen LogP contribution in [0.3, 0.4) is 0 Å². The van der Waals surface area contributed by atoms with Gasteiger partial charge in [0.2, 0.25) is 0 Å². The first-order valence-electron chi connectivity index (χ1n) is 9.84. The smallest absolute Gasteiger partial charge is 0.315 e. The van der Waals surface area contributed by atoms with Crippen molar-refractivity contribution in [3.63, 3.8) is 0 Å². The first kappa shape index (κ1) is 19.3. The molecule has 2 heterocycles. The summed E-state index contributed by atoms with van der Waals surface area (Å²) in [5.74, 6) is -1.12. The molecule has 3 N–H and O–H groups in total. The van der Waals surface area contributed by atoms with Crippen LogP contribution in [0, 0.1) is 11.8 Å². The van der Waals surface area contributed by atoms with Crippen molar-refractivity contribution >= 4 is 23.5 Å². The molecule has 0 radical (unpaired) electrons. The second-order valence-corrected chi connectivity index (χ2v) is 7.82. The van der Waals surface area contributed by atoms with Gasteiger partial charge in [-0.15, -0.1) is 0 Å². The van der Waals surface area contributed by atoms with Gasteiger partial charge in [-0.05, 0) is 49.7 Å². The van der Waals surface area contributed by atoms with Gasteiger partial charge in [0.25, 0.3) is 5.91 Å². The van der Waals surface area contributed by atoms with Gasteiger partial charge in [0.1, 0.15) is 5.82 Å². The predicted molar refractivity (Wildman–Crippen MR) is 102 cm³/mol. The van der Waals surface area contributed by atoms with Gasteiger partial charge >= 0.3 is 11.8 Å². The highest BCUT2D eigenvalue weighted by atomic mass is 16.2. The van der Waals surface area contributed by atoms with Gasteiger partial charge in [-0.25, -0.2) is 4.98 Å². The van der Waals surface area contributed by atoms with Crippen LogP contribution in [0.25, 0.3) is 0 Å². The number of hydrogen-bond donors (Lipinski definition) is 2. The van der Waals surface area contributed by atoms with Gasteiger partial charge in [0.15, 0.2) is 0 Å². The molecular weight excluding hydrogens is 344 g/mol. The lowest BCUT2D eigenvalue weighted by molar-refractivity contribution is -0.147. The molecule has 3 rings (SSSR count). The number of likely N-dealkylation sites (tertiary alicyclic amines) is 1.